The van der Waals surface area contributed by atoms with Gasteiger partial charge in [-0.15, -0.1) is 0 Å². The Labute approximate surface area is 140 Å². The van der Waals surface area contributed by atoms with Crippen LogP contribution in [0.4, 0.5) is 5.69 Å². The van der Waals surface area contributed by atoms with Gasteiger partial charge in [-0.05, 0) is 0 Å². The number of aromatic nitrogens is 2. The summed E-state index contributed by atoms with van der Waals surface area (Å²) in [5.41, 5.74) is -1.83. The molecule has 10 heteroatoms. The quantitative estimate of drug-likeness (QED) is 0.521. The molecule has 0 aliphatic rings. The van der Waals surface area contributed by atoms with E-state index >= 15 is 0 Å². The highest BCUT2D eigenvalue weighted by Gasteiger charge is 2.17. The summed E-state index contributed by atoms with van der Waals surface area (Å²) in [6.45, 7) is 0. The van der Waals surface area contributed by atoms with Gasteiger partial charge in [0.2, 0.25) is 5.88 Å². The number of benzene rings is 1. The Balaban J connectivity index is 2.60. The standard InChI is InChI=1S/C15H15N3O7/c1-23-10-4-7(14(21)25-3)9(5-11(10)24-2)16-6-8-12(19)17-15(22)18-13(8)20/h4-6H,1-3H3,(H3,17,18,19,20,22). The van der Waals surface area contributed by atoms with Gasteiger partial charge >= 0.3 is 11.7 Å². The van der Waals surface area contributed by atoms with Crippen molar-refractivity contribution in [1.29, 1.82) is 0 Å². The molecule has 10 nitrogen and oxygen atoms in total. The highest BCUT2D eigenvalue weighted by Crippen LogP contribution is 2.35. The number of hydrogen-bond acceptors (Lipinski definition) is 8. The minimum Gasteiger partial charge on any atom is -0.494 e. The number of hydrogen-bond donors (Lipinski definition) is 3. The molecule has 0 spiro atoms. The van der Waals surface area contributed by atoms with Gasteiger partial charge in [0, 0.05) is 18.3 Å². The van der Waals surface area contributed by atoms with Crippen LogP contribution >= 0.6 is 0 Å². The SMILES string of the molecule is COC(=O)c1cc(OC)c(OC)cc1N=Cc1c(O)[nH]c(=O)[nH]c1=O. The van der Waals surface area contributed by atoms with Gasteiger partial charge in [-0.3, -0.25) is 19.8 Å². The van der Waals surface area contributed by atoms with Gasteiger partial charge in [-0.1, -0.05) is 0 Å². The van der Waals surface area contributed by atoms with Crippen LogP contribution in [0.1, 0.15) is 15.9 Å². The number of nitrogens with zero attached hydrogens (tertiary/aromatic N) is 1. The maximum Gasteiger partial charge on any atom is 0.340 e. The second-order valence-electron chi connectivity index (χ2n) is 4.64. The van der Waals surface area contributed by atoms with Gasteiger partial charge in [-0.2, -0.15) is 0 Å². The summed E-state index contributed by atoms with van der Waals surface area (Å²) in [6, 6.07) is 2.77. The van der Waals surface area contributed by atoms with Crippen LogP contribution in [-0.2, 0) is 4.74 Å². The number of H-pyrrole nitrogens is 2. The Morgan fingerprint density at radius 3 is 2.32 bits per heavy atom. The van der Waals surface area contributed by atoms with Gasteiger partial charge in [0.25, 0.3) is 5.56 Å². The Morgan fingerprint density at radius 2 is 1.76 bits per heavy atom. The summed E-state index contributed by atoms with van der Waals surface area (Å²) in [6.07, 6.45) is 0.998. The zero-order valence-corrected chi connectivity index (χ0v) is 13.6. The lowest BCUT2D eigenvalue weighted by molar-refractivity contribution is 0.0601. The molecule has 0 radical (unpaired) electrons. The van der Waals surface area contributed by atoms with Crippen molar-refractivity contribution in [1.82, 2.24) is 9.97 Å². The number of aliphatic imine (C=N–C) groups is 1. The predicted molar refractivity (Wildman–Crippen MR) is 87.5 cm³/mol. The van der Waals surface area contributed by atoms with E-state index in [4.69, 9.17) is 14.2 Å². The summed E-state index contributed by atoms with van der Waals surface area (Å²) in [4.78, 5) is 42.7. The first-order valence-electron chi connectivity index (χ1n) is 6.85. The molecule has 0 amide bonds. The average molecular weight is 349 g/mol. The number of aromatic hydroxyl groups is 1. The molecular weight excluding hydrogens is 334 g/mol. The predicted octanol–water partition coefficient (Wildman–Crippen LogP) is 0.323. The number of rotatable bonds is 5. The van der Waals surface area contributed by atoms with Crippen LogP contribution < -0.4 is 20.7 Å². The van der Waals surface area contributed by atoms with Crippen molar-refractivity contribution in [3.8, 4) is 17.4 Å². The minimum atomic E-state index is -0.860. The van der Waals surface area contributed by atoms with E-state index in [1.54, 1.807) is 0 Å². The van der Waals surface area contributed by atoms with Gasteiger partial charge < -0.3 is 19.3 Å². The summed E-state index contributed by atoms with van der Waals surface area (Å²) in [5.74, 6) is -0.765. The largest absolute Gasteiger partial charge is 0.494 e. The van der Waals surface area contributed by atoms with Crippen molar-refractivity contribution >= 4 is 17.9 Å². The second kappa shape index (κ2) is 7.34. The molecule has 132 valence electrons. The third kappa shape index (κ3) is 3.68. The number of nitrogens with one attached hydrogen (secondary N) is 2. The van der Waals surface area contributed by atoms with Gasteiger partial charge in [0.15, 0.2) is 11.5 Å². The van der Waals surface area contributed by atoms with E-state index in [0.29, 0.717) is 5.75 Å². The number of carbonyl (C=O) groups is 1. The number of carbonyl (C=O) groups excluding carboxylic acids is 1. The molecule has 2 rings (SSSR count). The van der Waals surface area contributed by atoms with Gasteiger partial charge in [0.05, 0.1) is 32.6 Å². The summed E-state index contributed by atoms with van der Waals surface area (Å²) >= 11 is 0. The first kappa shape index (κ1) is 17.8. The lowest BCUT2D eigenvalue weighted by Crippen LogP contribution is -2.24. The zero-order valence-electron chi connectivity index (χ0n) is 13.6. The highest BCUT2D eigenvalue weighted by molar-refractivity contribution is 5.97. The zero-order chi connectivity index (χ0) is 18.6. The fourth-order valence-electron chi connectivity index (χ4n) is 1.99. The molecule has 0 atom stereocenters. The van der Waals surface area contributed by atoms with E-state index in [2.05, 4.69) is 4.99 Å². The van der Waals surface area contributed by atoms with E-state index in [-0.39, 0.29) is 22.6 Å². The molecule has 1 aromatic carbocycles. The summed E-state index contributed by atoms with van der Waals surface area (Å²) in [7, 11) is 4.01. The highest BCUT2D eigenvalue weighted by atomic mass is 16.5. The lowest BCUT2D eigenvalue weighted by Gasteiger charge is -2.11. The molecule has 0 saturated carbocycles. The third-order valence-corrected chi connectivity index (χ3v) is 3.20. The van der Waals surface area contributed by atoms with Crippen molar-refractivity contribution < 1.29 is 24.1 Å². The van der Waals surface area contributed by atoms with Crippen molar-refractivity contribution in [2.75, 3.05) is 21.3 Å². The molecule has 2 aromatic rings. The third-order valence-electron chi connectivity index (χ3n) is 3.20. The number of methoxy groups -OCH3 is 3. The average Bonchev–Trinajstić information content (AvgIpc) is 2.59. The van der Waals surface area contributed by atoms with E-state index in [0.717, 1.165) is 6.21 Å². The van der Waals surface area contributed by atoms with Crippen molar-refractivity contribution in [3.05, 3.63) is 44.1 Å². The smallest absolute Gasteiger partial charge is 0.340 e. The topological polar surface area (TPSA) is 143 Å². The van der Waals surface area contributed by atoms with Crippen molar-refractivity contribution in [3.63, 3.8) is 0 Å². The molecule has 0 bridgehead atoms. The fourth-order valence-corrected chi connectivity index (χ4v) is 1.99. The van der Waals surface area contributed by atoms with E-state index in [9.17, 15) is 19.5 Å². The van der Waals surface area contributed by atoms with Crippen LogP contribution in [0.5, 0.6) is 17.4 Å². The van der Waals surface area contributed by atoms with Crippen LogP contribution in [0.25, 0.3) is 0 Å². The van der Waals surface area contributed by atoms with E-state index < -0.39 is 23.1 Å². The van der Waals surface area contributed by atoms with Crippen LogP contribution in [0.15, 0.2) is 26.7 Å². The normalized spacial score (nSPS) is 10.7. The molecule has 3 N–H and O–H groups in total. The molecular formula is C15H15N3O7. The first-order chi connectivity index (χ1) is 11.9. The summed E-state index contributed by atoms with van der Waals surface area (Å²) < 4.78 is 15.0. The number of esters is 1. The molecule has 25 heavy (non-hydrogen) atoms. The van der Waals surface area contributed by atoms with Crippen LogP contribution in [0.2, 0.25) is 0 Å². The maximum atomic E-state index is 11.9. The monoisotopic (exact) mass is 349 g/mol. The lowest BCUT2D eigenvalue weighted by atomic mass is 10.1. The Kier molecular flexibility index (Phi) is 5.22. The Morgan fingerprint density at radius 1 is 1.12 bits per heavy atom. The van der Waals surface area contributed by atoms with Crippen molar-refractivity contribution in [2.45, 2.75) is 0 Å². The molecule has 0 aliphatic heterocycles. The maximum absolute atomic E-state index is 11.9. The molecule has 0 saturated heterocycles. The molecule has 0 unspecified atom stereocenters. The number of aromatic amines is 2. The molecule has 0 aliphatic carbocycles. The Hall–Kier alpha value is -3.56. The summed E-state index contributed by atoms with van der Waals surface area (Å²) in [5, 5.41) is 9.65. The molecule has 1 heterocycles. The molecule has 1 aromatic heterocycles. The van der Waals surface area contributed by atoms with Gasteiger partial charge in [-0.25, -0.2) is 9.59 Å². The second-order valence-corrected chi connectivity index (χ2v) is 4.64. The van der Waals surface area contributed by atoms with Crippen LogP contribution in [0.3, 0.4) is 0 Å². The van der Waals surface area contributed by atoms with Crippen LogP contribution in [-0.4, -0.2) is 48.6 Å². The molecule has 0 fully saturated rings. The van der Waals surface area contributed by atoms with E-state index in [1.807, 2.05) is 9.97 Å². The first-order valence-corrected chi connectivity index (χ1v) is 6.85. The van der Waals surface area contributed by atoms with Gasteiger partial charge in [0.1, 0.15) is 5.56 Å². The van der Waals surface area contributed by atoms with Crippen LogP contribution in [0, 0.1) is 0 Å². The fraction of sp³-hybridized carbons (Fsp3) is 0.200. The number of ether oxygens (including phenoxy) is 3. The van der Waals surface area contributed by atoms with Crippen molar-refractivity contribution in [2.24, 2.45) is 4.99 Å². The minimum absolute atomic E-state index is 0.0525. The Bertz CT molecular complexity index is 943. The van der Waals surface area contributed by atoms with E-state index in [1.165, 1.54) is 33.5 Å².